The van der Waals surface area contributed by atoms with Crippen LogP contribution in [0.25, 0.3) is 0 Å². The van der Waals surface area contributed by atoms with Crippen LogP contribution in [0.4, 0.5) is 4.79 Å². The van der Waals surface area contributed by atoms with Gasteiger partial charge in [0.15, 0.2) is 0 Å². The van der Waals surface area contributed by atoms with Gasteiger partial charge in [-0.05, 0) is 33.6 Å². The molecule has 4 nitrogen and oxygen atoms in total. The van der Waals surface area contributed by atoms with E-state index in [1.165, 1.54) is 0 Å². The number of alkyl carbamates (subject to hydrolysis) is 1. The van der Waals surface area contributed by atoms with Crippen molar-refractivity contribution < 1.29 is 14.3 Å². The number of alkyl halides is 1. The van der Waals surface area contributed by atoms with Crippen LogP contribution in [0.3, 0.4) is 0 Å². The average Bonchev–Trinajstić information content (AvgIpc) is 2.51. The van der Waals surface area contributed by atoms with E-state index in [4.69, 9.17) is 4.74 Å². The van der Waals surface area contributed by atoms with Crippen LogP contribution in [0.5, 0.6) is 0 Å². The highest BCUT2D eigenvalue weighted by atomic mass is 79.9. The summed E-state index contributed by atoms with van der Waals surface area (Å²) in [4.78, 5) is 23.8. The lowest BCUT2D eigenvalue weighted by atomic mass is 9.91. The average molecular weight is 334 g/mol. The first-order valence-corrected chi connectivity index (χ1v) is 8.04. The van der Waals surface area contributed by atoms with Gasteiger partial charge in [0.2, 0.25) is 0 Å². The maximum Gasteiger partial charge on any atom is 0.407 e. The Morgan fingerprint density at radius 3 is 2.42 bits per heavy atom. The summed E-state index contributed by atoms with van der Waals surface area (Å²) in [7, 11) is 0. The number of rotatable bonds is 3. The van der Waals surface area contributed by atoms with Crippen molar-refractivity contribution in [1.29, 1.82) is 0 Å². The molecule has 1 rings (SSSR count). The first kappa shape index (κ1) is 16.5. The van der Waals surface area contributed by atoms with E-state index in [1.54, 1.807) is 0 Å². The molecule has 0 radical (unpaired) electrons. The van der Waals surface area contributed by atoms with Crippen LogP contribution in [-0.4, -0.2) is 28.8 Å². The number of carbonyl (C=O) groups is 2. The monoisotopic (exact) mass is 333 g/mol. The maximum atomic E-state index is 12.0. The zero-order valence-electron chi connectivity index (χ0n) is 12.0. The molecule has 1 fully saturated rings. The number of carbonyl (C=O) groups excluding carboxylic acids is 2. The van der Waals surface area contributed by atoms with Gasteiger partial charge in [0, 0.05) is 12.0 Å². The van der Waals surface area contributed by atoms with Crippen molar-refractivity contribution in [2.75, 3.05) is 5.33 Å². The van der Waals surface area contributed by atoms with Crippen molar-refractivity contribution in [1.82, 2.24) is 5.32 Å². The number of hydrogen-bond donors (Lipinski definition) is 1. The minimum Gasteiger partial charge on any atom is -0.444 e. The molecule has 2 atom stereocenters. The summed E-state index contributed by atoms with van der Waals surface area (Å²) in [6.07, 6.45) is 4.50. The van der Waals surface area contributed by atoms with E-state index in [9.17, 15) is 9.59 Å². The lowest BCUT2D eigenvalue weighted by Crippen LogP contribution is -2.45. The number of hydrogen-bond acceptors (Lipinski definition) is 3. The van der Waals surface area contributed by atoms with E-state index >= 15 is 0 Å². The molecule has 0 aliphatic heterocycles. The summed E-state index contributed by atoms with van der Waals surface area (Å²) in [5, 5.41) is 3.23. The number of amides is 1. The topological polar surface area (TPSA) is 55.4 Å². The molecule has 0 heterocycles. The van der Waals surface area contributed by atoms with Gasteiger partial charge in [-0.15, -0.1) is 0 Å². The van der Waals surface area contributed by atoms with E-state index in [1.807, 2.05) is 20.8 Å². The fraction of sp³-hybridized carbons (Fsp3) is 0.857. The third kappa shape index (κ3) is 5.93. The highest BCUT2D eigenvalue weighted by Gasteiger charge is 2.31. The lowest BCUT2D eigenvalue weighted by Gasteiger charge is -2.27. The molecule has 19 heavy (non-hydrogen) atoms. The Labute approximate surface area is 123 Å². The minimum absolute atomic E-state index is 0.0885. The van der Waals surface area contributed by atoms with Crippen molar-refractivity contribution in [3.8, 4) is 0 Å². The van der Waals surface area contributed by atoms with Crippen LogP contribution in [-0.2, 0) is 9.53 Å². The number of ketones is 1. The molecule has 1 saturated carbocycles. The Morgan fingerprint density at radius 2 is 1.84 bits per heavy atom. The van der Waals surface area contributed by atoms with E-state index in [-0.39, 0.29) is 17.7 Å². The van der Waals surface area contributed by atoms with Crippen molar-refractivity contribution in [2.24, 2.45) is 5.92 Å². The Hall–Kier alpha value is -0.580. The van der Waals surface area contributed by atoms with Gasteiger partial charge in [0.1, 0.15) is 11.4 Å². The van der Waals surface area contributed by atoms with Crippen molar-refractivity contribution in [3.63, 3.8) is 0 Å². The highest BCUT2D eigenvalue weighted by molar-refractivity contribution is 9.09. The molecule has 0 bridgehead atoms. The zero-order chi connectivity index (χ0) is 14.5. The maximum absolute atomic E-state index is 12.0. The molecule has 0 saturated heterocycles. The lowest BCUT2D eigenvalue weighted by molar-refractivity contribution is -0.121. The largest absolute Gasteiger partial charge is 0.444 e. The van der Waals surface area contributed by atoms with Crippen molar-refractivity contribution >= 4 is 27.8 Å². The van der Waals surface area contributed by atoms with Gasteiger partial charge in [0.05, 0.1) is 5.33 Å². The molecule has 1 aliphatic carbocycles. The Bertz CT molecular complexity index is 325. The van der Waals surface area contributed by atoms with Gasteiger partial charge in [0.25, 0.3) is 0 Å². The van der Waals surface area contributed by atoms with Gasteiger partial charge >= 0.3 is 6.09 Å². The van der Waals surface area contributed by atoms with Crippen molar-refractivity contribution in [2.45, 2.75) is 64.5 Å². The fourth-order valence-electron chi connectivity index (χ4n) is 2.42. The van der Waals surface area contributed by atoms with Crippen LogP contribution < -0.4 is 5.32 Å². The van der Waals surface area contributed by atoms with Crippen molar-refractivity contribution in [3.05, 3.63) is 0 Å². The van der Waals surface area contributed by atoms with Crippen LogP contribution >= 0.6 is 15.9 Å². The number of ether oxygens (including phenoxy) is 1. The molecule has 0 aromatic carbocycles. The molecule has 110 valence electrons. The summed E-state index contributed by atoms with van der Waals surface area (Å²) in [5.74, 6) is 0.0809. The molecular weight excluding hydrogens is 310 g/mol. The van der Waals surface area contributed by atoms with Gasteiger partial charge in [-0.3, -0.25) is 4.79 Å². The van der Waals surface area contributed by atoms with Gasteiger partial charge in [-0.1, -0.05) is 35.2 Å². The molecule has 0 aromatic heterocycles. The zero-order valence-corrected chi connectivity index (χ0v) is 13.6. The number of halogens is 1. The molecule has 5 heteroatoms. The molecule has 0 aromatic rings. The third-order valence-corrected chi connectivity index (χ3v) is 3.82. The fourth-order valence-corrected chi connectivity index (χ4v) is 2.84. The Morgan fingerprint density at radius 1 is 1.21 bits per heavy atom. The Balaban J connectivity index is 2.65. The summed E-state index contributed by atoms with van der Waals surface area (Å²) in [6, 6.07) is -0.0950. The van der Waals surface area contributed by atoms with Gasteiger partial charge in [-0.25, -0.2) is 4.79 Å². The molecule has 1 amide bonds. The summed E-state index contributed by atoms with van der Waals surface area (Å²) >= 11 is 3.22. The molecule has 1 aliphatic rings. The second-order valence-electron chi connectivity index (χ2n) is 6.10. The van der Waals surface area contributed by atoms with Crippen LogP contribution in [0.15, 0.2) is 0 Å². The Kier molecular flexibility index (Phi) is 6.30. The highest BCUT2D eigenvalue weighted by Crippen LogP contribution is 2.25. The summed E-state index contributed by atoms with van der Waals surface area (Å²) < 4.78 is 5.27. The minimum atomic E-state index is -0.510. The summed E-state index contributed by atoms with van der Waals surface area (Å²) in [5.41, 5.74) is -0.510. The van der Waals surface area contributed by atoms with Crippen LogP contribution in [0.1, 0.15) is 52.9 Å². The second kappa shape index (κ2) is 7.27. The van der Waals surface area contributed by atoms with Crippen LogP contribution in [0, 0.1) is 5.92 Å². The smallest absolute Gasteiger partial charge is 0.407 e. The second-order valence-corrected chi connectivity index (χ2v) is 6.66. The predicted molar refractivity (Wildman–Crippen MR) is 78.5 cm³/mol. The normalized spacial score (nSPS) is 24.4. The van der Waals surface area contributed by atoms with Crippen LogP contribution in [0.2, 0.25) is 0 Å². The molecular formula is C14H24BrNO3. The van der Waals surface area contributed by atoms with E-state index < -0.39 is 11.7 Å². The summed E-state index contributed by atoms with van der Waals surface area (Å²) in [6.45, 7) is 5.50. The first-order chi connectivity index (χ1) is 8.83. The standard InChI is InChI=1S/C14H24BrNO3/c1-14(2,3)19-13(18)16-11-8-6-4-5-7-10(11)12(17)9-15/h10-11H,4-9H2,1-3H3,(H,16,18). The number of Topliss-reactive ketones (excluding diaryl/α,β-unsaturated/α-hetero) is 1. The molecule has 2 unspecified atom stereocenters. The van der Waals surface area contributed by atoms with Gasteiger partial charge in [-0.2, -0.15) is 0 Å². The third-order valence-electron chi connectivity index (χ3n) is 3.26. The molecule has 1 N–H and O–H groups in total. The quantitative estimate of drug-likeness (QED) is 0.635. The SMILES string of the molecule is CC(C)(C)OC(=O)NC1CCCCCC1C(=O)CBr. The van der Waals surface area contributed by atoms with Gasteiger partial charge < -0.3 is 10.1 Å². The van der Waals surface area contributed by atoms with E-state index in [0.717, 1.165) is 32.1 Å². The molecule has 0 spiro atoms. The van der Waals surface area contributed by atoms with E-state index in [0.29, 0.717) is 5.33 Å². The number of nitrogens with one attached hydrogen (secondary N) is 1. The van der Waals surface area contributed by atoms with E-state index in [2.05, 4.69) is 21.2 Å². The predicted octanol–water partition coefficient (Wildman–Crippen LogP) is 3.42. The first-order valence-electron chi connectivity index (χ1n) is 6.91.